The Morgan fingerprint density at radius 2 is 1.48 bits per heavy atom. The Bertz CT molecular complexity index is 1430. The molecule has 1 heterocycles. The van der Waals surface area contributed by atoms with E-state index in [1.165, 1.54) is 23.8 Å². The fourth-order valence-electron chi connectivity index (χ4n) is 5.29. The fraction of sp³-hybridized carbons (Fsp3) is 0.235. The van der Waals surface area contributed by atoms with E-state index in [-0.39, 0.29) is 11.5 Å². The summed E-state index contributed by atoms with van der Waals surface area (Å²) in [4.78, 5) is 28.5. The topological polar surface area (TPSA) is 61.4 Å². The van der Waals surface area contributed by atoms with Gasteiger partial charge in [0.2, 0.25) is 0 Å². The number of carbonyl (C=O) groups is 2. The minimum atomic E-state index is -0.475. The van der Waals surface area contributed by atoms with E-state index in [9.17, 15) is 14.0 Å². The van der Waals surface area contributed by atoms with Crippen LogP contribution >= 0.6 is 0 Å². The van der Waals surface area contributed by atoms with Crippen LogP contribution in [0.5, 0.6) is 0 Å². The van der Waals surface area contributed by atoms with E-state index < -0.39 is 11.7 Å². The molecule has 40 heavy (non-hydrogen) atoms. The highest BCUT2D eigenvalue weighted by molar-refractivity contribution is 6.06. The average Bonchev–Trinajstić information content (AvgIpc) is 2.98. The van der Waals surface area contributed by atoms with Gasteiger partial charge in [-0.3, -0.25) is 9.59 Å². The second-order valence-electron chi connectivity index (χ2n) is 10.3. The Balaban J connectivity index is 1.30. The summed E-state index contributed by atoms with van der Waals surface area (Å²) in [7, 11) is 0. The molecule has 0 spiro atoms. The molecule has 0 radical (unpaired) electrons. The first-order chi connectivity index (χ1) is 19.5. The largest absolute Gasteiger partial charge is 0.371 e. The summed E-state index contributed by atoms with van der Waals surface area (Å²) < 4.78 is 13.6. The maximum atomic E-state index is 13.6. The number of benzene rings is 4. The number of amides is 2. The molecule has 204 valence electrons. The lowest BCUT2D eigenvalue weighted by Crippen LogP contribution is -2.36. The maximum absolute atomic E-state index is 13.6. The number of piperidine rings is 1. The van der Waals surface area contributed by atoms with Crippen molar-refractivity contribution in [1.29, 1.82) is 0 Å². The lowest BCUT2D eigenvalue weighted by Gasteiger charge is -2.35. The van der Waals surface area contributed by atoms with Crippen LogP contribution in [0.3, 0.4) is 0 Å². The zero-order valence-corrected chi connectivity index (χ0v) is 22.5. The standard InChI is InChI=1S/C34H34FN3O2/c35-29-13-7-12-28(23-29)33(39)37-30-14-15-32(31(24-30)34(40)36-19-16-25-8-3-1-4-9-25)38-20-17-27(18-21-38)22-26-10-5-2-6-11-26/h1-15,23-24,27H,16-22H2,(H,36,40)(H,37,39). The lowest BCUT2D eigenvalue weighted by atomic mass is 9.89. The molecular weight excluding hydrogens is 501 g/mol. The van der Waals surface area contributed by atoms with Gasteiger partial charge in [-0.05, 0) is 79.1 Å². The molecule has 0 bridgehead atoms. The van der Waals surface area contributed by atoms with Crippen molar-refractivity contribution in [2.24, 2.45) is 5.92 Å². The minimum absolute atomic E-state index is 0.181. The van der Waals surface area contributed by atoms with Gasteiger partial charge in [0.1, 0.15) is 5.82 Å². The lowest BCUT2D eigenvalue weighted by molar-refractivity contribution is 0.0953. The maximum Gasteiger partial charge on any atom is 0.255 e. The van der Waals surface area contributed by atoms with E-state index in [2.05, 4.69) is 39.8 Å². The normalized spacial score (nSPS) is 13.6. The van der Waals surface area contributed by atoms with Crippen LogP contribution in [-0.4, -0.2) is 31.4 Å². The average molecular weight is 536 g/mol. The van der Waals surface area contributed by atoms with Crippen LogP contribution in [0, 0.1) is 11.7 Å². The van der Waals surface area contributed by atoms with Crippen molar-refractivity contribution in [3.63, 3.8) is 0 Å². The molecule has 1 fully saturated rings. The van der Waals surface area contributed by atoms with Gasteiger partial charge in [-0.15, -0.1) is 0 Å². The molecule has 1 aliphatic rings. The molecule has 2 N–H and O–H groups in total. The van der Waals surface area contributed by atoms with Crippen LogP contribution in [0.2, 0.25) is 0 Å². The molecule has 0 unspecified atom stereocenters. The summed E-state index contributed by atoms with van der Waals surface area (Å²) in [5, 5.41) is 5.88. The molecule has 5 rings (SSSR count). The monoisotopic (exact) mass is 535 g/mol. The Hall–Kier alpha value is -4.45. The summed E-state index contributed by atoms with van der Waals surface area (Å²) in [6.45, 7) is 2.22. The van der Waals surface area contributed by atoms with Crippen molar-refractivity contribution in [3.8, 4) is 0 Å². The molecule has 4 aromatic rings. The Morgan fingerprint density at radius 1 is 0.775 bits per heavy atom. The van der Waals surface area contributed by atoms with Crippen molar-refractivity contribution in [3.05, 3.63) is 131 Å². The van der Waals surface area contributed by atoms with E-state index in [1.54, 1.807) is 12.1 Å². The zero-order valence-electron chi connectivity index (χ0n) is 22.5. The minimum Gasteiger partial charge on any atom is -0.371 e. The van der Waals surface area contributed by atoms with Crippen molar-refractivity contribution >= 4 is 23.2 Å². The molecular formula is C34H34FN3O2. The summed E-state index contributed by atoms with van der Waals surface area (Å²) in [6.07, 6.45) is 3.87. The third-order valence-corrected chi connectivity index (χ3v) is 7.45. The first-order valence-electron chi connectivity index (χ1n) is 13.9. The summed E-state index contributed by atoms with van der Waals surface area (Å²) in [5.41, 5.74) is 4.60. The molecule has 1 saturated heterocycles. The van der Waals surface area contributed by atoms with Crippen molar-refractivity contribution in [2.45, 2.75) is 25.7 Å². The molecule has 6 heteroatoms. The van der Waals surface area contributed by atoms with Gasteiger partial charge in [0, 0.05) is 36.6 Å². The zero-order chi connectivity index (χ0) is 27.7. The highest BCUT2D eigenvalue weighted by Crippen LogP contribution is 2.30. The van der Waals surface area contributed by atoms with E-state index >= 15 is 0 Å². The van der Waals surface area contributed by atoms with Gasteiger partial charge in [0.05, 0.1) is 5.56 Å². The number of nitrogens with one attached hydrogen (secondary N) is 2. The highest BCUT2D eigenvalue weighted by Gasteiger charge is 2.24. The van der Waals surface area contributed by atoms with Gasteiger partial charge in [-0.25, -0.2) is 4.39 Å². The summed E-state index contributed by atoms with van der Waals surface area (Å²) >= 11 is 0. The Kier molecular flexibility index (Phi) is 8.86. The third-order valence-electron chi connectivity index (χ3n) is 7.45. The molecule has 5 nitrogen and oxygen atoms in total. The van der Waals surface area contributed by atoms with Crippen LogP contribution in [0.1, 0.15) is 44.7 Å². The van der Waals surface area contributed by atoms with Gasteiger partial charge >= 0.3 is 0 Å². The molecule has 0 aromatic heterocycles. The molecule has 0 aliphatic carbocycles. The van der Waals surface area contributed by atoms with Crippen molar-refractivity contribution in [1.82, 2.24) is 5.32 Å². The van der Waals surface area contributed by atoms with Gasteiger partial charge in [0.25, 0.3) is 11.8 Å². The summed E-state index contributed by atoms with van der Waals surface area (Å²) in [6, 6.07) is 31.6. The first-order valence-corrected chi connectivity index (χ1v) is 13.9. The molecule has 0 saturated carbocycles. The summed E-state index contributed by atoms with van der Waals surface area (Å²) in [5.74, 6) is -0.479. The number of hydrogen-bond donors (Lipinski definition) is 2. The van der Waals surface area contributed by atoms with Crippen molar-refractivity contribution in [2.75, 3.05) is 29.9 Å². The van der Waals surface area contributed by atoms with Crippen LogP contribution in [0.15, 0.2) is 103 Å². The van der Waals surface area contributed by atoms with Crippen LogP contribution in [-0.2, 0) is 12.8 Å². The van der Waals surface area contributed by atoms with Gasteiger partial charge in [-0.2, -0.15) is 0 Å². The van der Waals surface area contributed by atoms with Gasteiger partial charge < -0.3 is 15.5 Å². The second kappa shape index (κ2) is 13.1. The number of anilines is 2. The first kappa shape index (κ1) is 27.1. The van der Waals surface area contributed by atoms with Crippen LogP contribution in [0.4, 0.5) is 15.8 Å². The SMILES string of the molecule is O=C(Nc1ccc(N2CCC(Cc3ccccc3)CC2)c(C(=O)NCCc2ccccc2)c1)c1cccc(F)c1. The fourth-order valence-corrected chi connectivity index (χ4v) is 5.29. The van der Waals surface area contributed by atoms with Gasteiger partial charge in [0.15, 0.2) is 0 Å². The predicted molar refractivity (Wildman–Crippen MR) is 158 cm³/mol. The van der Waals surface area contributed by atoms with Crippen LogP contribution in [0.25, 0.3) is 0 Å². The smallest absolute Gasteiger partial charge is 0.255 e. The number of hydrogen-bond acceptors (Lipinski definition) is 3. The van der Waals surface area contributed by atoms with Crippen LogP contribution < -0.4 is 15.5 Å². The predicted octanol–water partition coefficient (Wildman–Crippen LogP) is 6.51. The van der Waals surface area contributed by atoms with E-state index in [4.69, 9.17) is 0 Å². The highest BCUT2D eigenvalue weighted by atomic mass is 19.1. The quantitative estimate of drug-likeness (QED) is 0.257. The number of carbonyl (C=O) groups excluding carboxylic acids is 2. The molecule has 1 aliphatic heterocycles. The van der Waals surface area contributed by atoms with Gasteiger partial charge in [-0.1, -0.05) is 66.7 Å². The Morgan fingerprint density at radius 3 is 2.17 bits per heavy atom. The molecule has 4 aromatic carbocycles. The van der Waals surface area contributed by atoms with E-state index in [0.29, 0.717) is 23.7 Å². The molecule has 0 atom stereocenters. The second-order valence-corrected chi connectivity index (χ2v) is 10.3. The van der Waals surface area contributed by atoms with E-state index in [0.717, 1.165) is 50.0 Å². The third kappa shape index (κ3) is 7.14. The number of rotatable bonds is 9. The number of halogens is 1. The number of nitrogens with zero attached hydrogens (tertiary/aromatic N) is 1. The van der Waals surface area contributed by atoms with E-state index in [1.807, 2.05) is 48.5 Å². The molecule has 2 amide bonds. The van der Waals surface area contributed by atoms with Crippen molar-refractivity contribution < 1.29 is 14.0 Å². The Labute approximate surface area is 235 Å².